The smallest absolute Gasteiger partial charge is 0.262 e. The number of para-hydroxylation sites is 1. The highest BCUT2D eigenvalue weighted by Gasteiger charge is 2.23. The quantitative estimate of drug-likeness (QED) is 0.485. The molecule has 0 fully saturated rings. The number of aromatic nitrogens is 2. The van der Waals surface area contributed by atoms with Crippen LogP contribution in [0.5, 0.6) is 0 Å². The monoisotopic (exact) mass is 399 g/mol. The van der Waals surface area contributed by atoms with Crippen LogP contribution >= 0.6 is 11.8 Å². The fraction of sp³-hybridized carbons (Fsp3) is 0.286. The van der Waals surface area contributed by atoms with Crippen molar-refractivity contribution in [3.8, 4) is 0 Å². The lowest BCUT2D eigenvalue weighted by molar-refractivity contribution is -0.115. The maximum Gasteiger partial charge on any atom is 0.262 e. The van der Waals surface area contributed by atoms with Gasteiger partial charge in [0.1, 0.15) is 5.82 Å². The largest absolute Gasteiger partial charge is 0.325 e. The van der Waals surface area contributed by atoms with Crippen LogP contribution in [-0.4, -0.2) is 20.7 Å². The van der Waals surface area contributed by atoms with E-state index < -0.39 is 5.25 Å². The summed E-state index contributed by atoms with van der Waals surface area (Å²) in [6, 6.07) is 12.7. The van der Waals surface area contributed by atoms with Crippen LogP contribution in [0.4, 0.5) is 10.1 Å². The van der Waals surface area contributed by atoms with Gasteiger partial charge < -0.3 is 5.32 Å². The lowest BCUT2D eigenvalue weighted by Gasteiger charge is -2.20. The van der Waals surface area contributed by atoms with E-state index in [9.17, 15) is 14.0 Å². The lowest BCUT2D eigenvalue weighted by atomic mass is 10.2. The zero-order valence-electron chi connectivity index (χ0n) is 16.0. The Labute approximate surface area is 167 Å². The maximum absolute atomic E-state index is 13.1. The van der Waals surface area contributed by atoms with Gasteiger partial charge >= 0.3 is 0 Å². The van der Waals surface area contributed by atoms with Crippen LogP contribution in [0.1, 0.15) is 33.2 Å². The Morgan fingerprint density at radius 3 is 2.50 bits per heavy atom. The molecule has 1 heterocycles. The van der Waals surface area contributed by atoms with Gasteiger partial charge in [0.05, 0.1) is 16.2 Å². The third-order valence-corrected chi connectivity index (χ3v) is 5.65. The molecule has 0 spiro atoms. The first-order valence-electron chi connectivity index (χ1n) is 9.15. The first-order chi connectivity index (χ1) is 13.4. The number of carbonyl (C=O) groups excluding carboxylic acids is 1. The Morgan fingerprint density at radius 1 is 1.18 bits per heavy atom. The highest BCUT2D eigenvalue weighted by Crippen LogP contribution is 2.27. The van der Waals surface area contributed by atoms with E-state index in [4.69, 9.17) is 0 Å². The molecule has 0 bridgehead atoms. The highest BCUT2D eigenvalue weighted by molar-refractivity contribution is 8.00. The number of amides is 1. The second-order valence-corrected chi connectivity index (χ2v) is 7.86. The van der Waals surface area contributed by atoms with E-state index in [0.29, 0.717) is 28.2 Å². The molecule has 2 aromatic carbocycles. The number of benzene rings is 2. The van der Waals surface area contributed by atoms with Crippen molar-refractivity contribution in [1.29, 1.82) is 0 Å². The summed E-state index contributed by atoms with van der Waals surface area (Å²) in [4.78, 5) is 30.3. The number of carbonyl (C=O) groups is 1. The van der Waals surface area contributed by atoms with Gasteiger partial charge in [-0.1, -0.05) is 30.8 Å². The molecule has 3 aromatic rings. The third-order valence-electron chi connectivity index (χ3n) is 4.31. The Balaban J connectivity index is 1.92. The molecule has 146 valence electrons. The van der Waals surface area contributed by atoms with E-state index >= 15 is 0 Å². The Bertz CT molecular complexity index is 1050. The molecule has 1 amide bonds. The summed E-state index contributed by atoms with van der Waals surface area (Å²) in [7, 11) is 0. The van der Waals surface area contributed by atoms with E-state index in [0.717, 1.165) is 0 Å². The van der Waals surface area contributed by atoms with Gasteiger partial charge in [0.25, 0.3) is 5.56 Å². The van der Waals surface area contributed by atoms with Crippen molar-refractivity contribution in [2.45, 2.75) is 43.6 Å². The van der Waals surface area contributed by atoms with E-state index in [1.807, 2.05) is 32.9 Å². The summed E-state index contributed by atoms with van der Waals surface area (Å²) in [5, 5.41) is 3.43. The Kier molecular flexibility index (Phi) is 6.14. The number of thioether (sulfide) groups is 1. The van der Waals surface area contributed by atoms with Gasteiger partial charge in [0.15, 0.2) is 5.16 Å². The first kappa shape index (κ1) is 20.1. The molecule has 0 saturated heterocycles. The zero-order valence-corrected chi connectivity index (χ0v) is 16.8. The minimum atomic E-state index is -0.442. The molecule has 0 unspecified atom stereocenters. The molecule has 0 saturated carbocycles. The van der Waals surface area contributed by atoms with Gasteiger partial charge in [0.2, 0.25) is 5.91 Å². The molecule has 0 radical (unpaired) electrons. The molecule has 1 atom stereocenters. The van der Waals surface area contributed by atoms with Gasteiger partial charge in [-0.3, -0.25) is 14.2 Å². The van der Waals surface area contributed by atoms with Gasteiger partial charge in [-0.25, -0.2) is 9.37 Å². The van der Waals surface area contributed by atoms with Crippen molar-refractivity contribution in [2.24, 2.45) is 0 Å². The fourth-order valence-corrected chi connectivity index (χ4v) is 4.01. The molecule has 0 aliphatic carbocycles. The lowest BCUT2D eigenvalue weighted by Crippen LogP contribution is -2.29. The van der Waals surface area contributed by atoms with Crippen molar-refractivity contribution in [1.82, 2.24) is 9.55 Å². The third kappa shape index (κ3) is 4.25. The molecular weight excluding hydrogens is 377 g/mol. The number of nitrogens with one attached hydrogen (secondary N) is 1. The predicted molar refractivity (Wildman–Crippen MR) is 111 cm³/mol. The summed E-state index contributed by atoms with van der Waals surface area (Å²) in [6.45, 7) is 5.74. The standard InChI is InChI=1S/C21H22FN3O2S/c1-4-18(19(26)23-15-11-9-14(22)10-12-15)28-21-24-17-8-6-5-7-16(17)20(27)25(21)13(2)3/h5-13,18H,4H2,1-3H3,(H,23,26)/t18-/m0/s1. The molecule has 1 N–H and O–H groups in total. The second kappa shape index (κ2) is 8.56. The maximum atomic E-state index is 13.1. The molecule has 28 heavy (non-hydrogen) atoms. The summed E-state index contributed by atoms with van der Waals surface area (Å²) >= 11 is 1.27. The van der Waals surface area contributed by atoms with Gasteiger partial charge in [-0.05, 0) is 56.7 Å². The number of rotatable bonds is 6. The second-order valence-electron chi connectivity index (χ2n) is 6.69. The van der Waals surface area contributed by atoms with E-state index in [-0.39, 0.29) is 23.3 Å². The topological polar surface area (TPSA) is 64.0 Å². The van der Waals surface area contributed by atoms with Crippen molar-refractivity contribution < 1.29 is 9.18 Å². The molecule has 7 heteroatoms. The average Bonchev–Trinajstić information content (AvgIpc) is 2.67. The fourth-order valence-electron chi connectivity index (χ4n) is 2.87. The number of fused-ring (bicyclic) bond motifs is 1. The zero-order chi connectivity index (χ0) is 20.3. The minimum Gasteiger partial charge on any atom is -0.325 e. The summed E-state index contributed by atoms with van der Waals surface area (Å²) in [6.07, 6.45) is 0.554. The summed E-state index contributed by atoms with van der Waals surface area (Å²) < 4.78 is 14.7. The predicted octanol–water partition coefficient (Wildman–Crippen LogP) is 4.63. The molecule has 0 aliphatic heterocycles. The molecular formula is C21H22FN3O2S. The number of hydrogen-bond donors (Lipinski definition) is 1. The van der Waals surface area contributed by atoms with Crippen LogP contribution < -0.4 is 10.9 Å². The van der Waals surface area contributed by atoms with Gasteiger partial charge in [-0.2, -0.15) is 0 Å². The minimum absolute atomic E-state index is 0.0928. The van der Waals surface area contributed by atoms with Crippen LogP contribution in [0.25, 0.3) is 10.9 Å². The summed E-state index contributed by atoms with van der Waals surface area (Å²) in [5.74, 6) is -0.572. The van der Waals surface area contributed by atoms with Crippen molar-refractivity contribution in [2.75, 3.05) is 5.32 Å². The Morgan fingerprint density at radius 2 is 1.86 bits per heavy atom. The number of halogens is 1. The highest BCUT2D eigenvalue weighted by atomic mass is 32.2. The number of hydrogen-bond acceptors (Lipinski definition) is 4. The van der Waals surface area contributed by atoms with Crippen LogP contribution in [-0.2, 0) is 4.79 Å². The normalized spacial score (nSPS) is 12.3. The van der Waals surface area contributed by atoms with Crippen LogP contribution in [0.2, 0.25) is 0 Å². The molecule has 5 nitrogen and oxygen atoms in total. The molecule has 1 aromatic heterocycles. The average molecular weight is 399 g/mol. The molecule has 0 aliphatic rings. The van der Waals surface area contributed by atoms with E-state index in [1.165, 1.54) is 36.0 Å². The van der Waals surface area contributed by atoms with Crippen molar-refractivity contribution >= 4 is 34.3 Å². The molecule has 3 rings (SSSR count). The SMILES string of the molecule is CC[C@H](Sc1nc2ccccc2c(=O)n1C(C)C)C(=O)Nc1ccc(F)cc1. The number of anilines is 1. The van der Waals surface area contributed by atoms with Crippen LogP contribution in [0.15, 0.2) is 58.5 Å². The van der Waals surface area contributed by atoms with Gasteiger partial charge in [0, 0.05) is 11.7 Å². The van der Waals surface area contributed by atoms with Crippen molar-refractivity contribution in [3.63, 3.8) is 0 Å². The summed E-state index contributed by atoms with van der Waals surface area (Å²) in [5.41, 5.74) is 1.02. The Hall–Kier alpha value is -2.67. The van der Waals surface area contributed by atoms with Crippen LogP contribution in [0.3, 0.4) is 0 Å². The number of nitrogens with zero attached hydrogens (tertiary/aromatic N) is 2. The van der Waals surface area contributed by atoms with Gasteiger partial charge in [-0.15, -0.1) is 0 Å². The van der Waals surface area contributed by atoms with E-state index in [2.05, 4.69) is 10.3 Å². The van der Waals surface area contributed by atoms with Crippen molar-refractivity contribution in [3.05, 3.63) is 64.7 Å². The first-order valence-corrected chi connectivity index (χ1v) is 10.0. The van der Waals surface area contributed by atoms with Crippen LogP contribution in [0, 0.1) is 5.82 Å². The van der Waals surface area contributed by atoms with E-state index in [1.54, 1.807) is 16.7 Å².